The third-order valence-electron chi connectivity index (χ3n) is 2.86. The predicted molar refractivity (Wildman–Crippen MR) is 75.2 cm³/mol. The van der Waals surface area contributed by atoms with Crippen LogP contribution in [0.2, 0.25) is 0 Å². The number of anilines is 1. The van der Waals surface area contributed by atoms with Crippen LogP contribution in [0.1, 0.15) is 15.8 Å². The van der Waals surface area contributed by atoms with Gasteiger partial charge in [0, 0.05) is 43.3 Å². The molecule has 6 nitrogen and oxygen atoms in total. The highest BCUT2D eigenvalue weighted by Gasteiger charge is 2.15. The second-order valence-corrected chi connectivity index (χ2v) is 5.55. The molecule has 0 amide bonds. The van der Waals surface area contributed by atoms with Gasteiger partial charge in [-0.15, -0.1) is 11.3 Å². The molecule has 0 bridgehead atoms. The van der Waals surface area contributed by atoms with Gasteiger partial charge >= 0.3 is 0 Å². The van der Waals surface area contributed by atoms with Gasteiger partial charge in [-0.25, -0.2) is 4.98 Å². The van der Waals surface area contributed by atoms with Gasteiger partial charge in [-0.3, -0.25) is 0 Å². The number of nitrogens with zero attached hydrogens (tertiary/aromatic N) is 4. The van der Waals surface area contributed by atoms with E-state index in [4.69, 9.17) is 4.52 Å². The molecule has 2 aromatic heterocycles. The summed E-state index contributed by atoms with van der Waals surface area (Å²) in [5, 5.41) is 8.35. The zero-order chi connectivity index (χ0) is 13.1. The van der Waals surface area contributed by atoms with Gasteiger partial charge in [0.15, 0.2) is 0 Å². The molecule has 7 heteroatoms. The first-order valence-electron chi connectivity index (χ1n) is 6.21. The summed E-state index contributed by atoms with van der Waals surface area (Å²) in [4.78, 5) is 11.8. The van der Waals surface area contributed by atoms with Gasteiger partial charge in [-0.2, -0.15) is 4.98 Å². The van der Waals surface area contributed by atoms with Gasteiger partial charge in [0.05, 0.1) is 5.01 Å². The SMILES string of the molecule is Cc1ncc(C=Cc2nc(N3CCNCC3)no2)s1. The molecule has 100 valence electrons. The number of aromatic nitrogens is 3. The second-order valence-electron chi connectivity index (χ2n) is 4.28. The fraction of sp³-hybridized carbons (Fsp3) is 0.417. The van der Waals surface area contributed by atoms with E-state index in [1.807, 2.05) is 25.3 Å². The lowest BCUT2D eigenvalue weighted by atomic mass is 10.4. The monoisotopic (exact) mass is 277 g/mol. The standard InChI is InChI=1S/C12H15N5OS/c1-9-14-8-10(19-9)2-3-11-15-12(16-18-11)17-6-4-13-5-7-17/h2-3,8,13H,4-7H2,1H3. The maximum Gasteiger partial charge on any atom is 0.266 e. The number of nitrogens with one attached hydrogen (secondary N) is 1. The molecule has 0 aromatic carbocycles. The Morgan fingerprint density at radius 2 is 2.21 bits per heavy atom. The van der Waals surface area contributed by atoms with E-state index < -0.39 is 0 Å². The Balaban J connectivity index is 1.69. The number of thiazole rings is 1. The lowest BCUT2D eigenvalue weighted by Gasteiger charge is -2.25. The topological polar surface area (TPSA) is 67.1 Å². The summed E-state index contributed by atoms with van der Waals surface area (Å²) in [6.07, 6.45) is 5.61. The van der Waals surface area contributed by atoms with Crippen molar-refractivity contribution < 1.29 is 4.52 Å². The molecule has 1 aliphatic rings. The Morgan fingerprint density at radius 1 is 1.37 bits per heavy atom. The molecule has 0 radical (unpaired) electrons. The molecule has 3 rings (SSSR count). The summed E-state index contributed by atoms with van der Waals surface area (Å²) in [5.74, 6) is 1.20. The summed E-state index contributed by atoms with van der Waals surface area (Å²) in [7, 11) is 0. The summed E-state index contributed by atoms with van der Waals surface area (Å²) in [5.41, 5.74) is 0. The Morgan fingerprint density at radius 3 is 2.95 bits per heavy atom. The van der Waals surface area contributed by atoms with Crippen molar-refractivity contribution >= 4 is 29.4 Å². The Bertz CT molecular complexity index is 570. The summed E-state index contributed by atoms with van der Waals surface area (Å²) < 4.78 is 5.22. The van der Waals surface area contributed by atoms with E-state index in [1.165, 1.54) is 0 Å². The number of hydrogen-bond acceptors (Lipinski definition) is 7. The molecule has 0 saturated carbocycles. The zero-order valence-electron chi connectivity index (χ0n) is 10.7. The molecule has 1 aliphatic heterocycles. The first-order chi connectivity index (χ1) is 9.31. The third kappa shape index (κ3) is 2.99. The van der Waals surface area contributed by atoms with Crippen molar-refractivity contribution in [2.75, 3.05) is 31.1 Å². The number of rotatable bonds is 3. The van der Waals surface area contributed by atoms with Crippen LogP contribution in [0.15, 0.2) is 10.7 Å². The van der Waals surface area contributed by atoms with Crippen molar-refractivity contribution in [2.45, 2.75) is 6.92 Å². The van der Waals surface area contributed by atoms with Crippen LogP contribution < -0.4 is 10.2 Å². The van der Waals surface area contributed by atoms with Gasteiger partial charge in [-0.1, -0.05) is 0 Å². The van der Waals surface area contributed by atoms with Crippen LogP contribution in [0.5, 0.6) is 0 Å². The highest BCUT2D eigenvalue weighted by atomic mass is 32.1. The fourth-order valence-corrected chi connectivity index (χ4v) is 2.58. The number of piperazine rings is 1. The van der Waals surface area contributed by atoms with Gasteiger partial charge in [0.25, 0.3) is 11.8 Å². The van der Waals surface area contributed by atoms with Crippen LogP contribution >= 0.6 is 11.3 Å². The molecule has 0 unspecified atom stereocenters. The lowest BCUT2D eigenvalue weighted by Crippen LogP contribution is -2.44. The predicted octanol–water partition coefficient (Wildman–Crippen LogP) is 1.41. The van der Waals surface area contributed by atoms with Crippen molar-refractivity contribution in [1.29, 1.82) is 0 Å². The van der Waals surface area contributed by atoms with Crippen LogP contribution in [-0.2, 0) is 0 Å². The summed E-state index contributed by atoms with van der Waals surface area (Å²) in [6, 6.07) is 0. The molecule has 0 aliphatic carbocycles. The number of hydrogen-bond donors (Lipinski definition) is 1. The quantitative estimate of drug-likeness (QED) is 0.915. The smallest absolute Gasteiger partial charge is 0.266 e. The largest absolute Gasteiger partial charge is 0.336 e. The van der Waals surface area contributed by atoms with E-state index in [0.29, 0.717) is 11.8 Å². The minimum atomic E-state index is 0.527. The van der Waals surface area contributed by atoms with Crippen LogP contribution in [0.3, 0.4) is 0 Å². The first-order valence-corrected chi connectivity index (χ1v) is 7.03. The average Bonchev–Trinajstić information content (AvgIpc) is 3.06. The van der Waals surface area contributed by atoms with Gasteiger partial charge < -0.3 is 14.7 Å². The lowest BCUT2D eigenvalue weighted by molar-refractivity contribution is 0.407. The second kappa shape index (κ2) is 5.50. The van der Waals surface area contributed by atoms with Crippen LogP contribution in [0.4, 0.5) is 5.95 Å². The van der Waals surface area contributed by atoms with Crippen molar-refractivity contribution in [2.24, 2.45) is 0 Å². The Labute approximate surface area is 115 Å². The maximum atomic E-state index is 5.22. The molecule has 0 atom stereocenters. The van der Waals surface area contributed by atoms with Crippen molar-refractivity contribution in [3.05, 3.63) is 22.0 Å². The third-order valence-corrected chi connectivity index (χ3v) is 3.74. The minimum absolute atomic E-state index is 0.527. The molecule has 2 aromatic rings. The average molecular weight is 277 g/mol. The minimum Gasteiger partial charge on any atom is -0.336 e. The van der Waals surface area contributed by atoms with Crippen molar-refractivity contribution in [3.63, 3.8) is 0 Å². The molecular formula is C12H15N5OS. The van der Waals surface area contributed by atoms with Crippen molar-refractivity contribution in [1.82, 2.24) is 20.4 Å². The van der Waals surface area contributed by atoms with E-state index in [2.05, 4.69) is 25.3 Å². The number of aryl methyl sites for hydroxylation is 1. The molecular weight excluding hydrogens is 262 g/mol. The Hall–Kier alpha value is -1.73. The maximum absolute atomic E-state index is 5.22. The molecule has 19 heavy (non-hydrogen) atoms. The van der Waals surface area contributed by atoms with E-state index in [-0.39, 0.29) is 0 Å². The Kier molecular flexibility index (Phi) is 3.56. The molecule has 3 heterocycles. The van der Waals surface area contributed by atoms with Crippen LogP contribution in [0.25, 0.3) is 12.2 Å². The molecule has 1 N–H and O–H groups in total. The van der Waals surface area contributed by atoms with Gasteiger partial charge in [-0.05, 0) is 18.2 Å². The first kappa shape index (κ1) is 12.3. The zero-order valence-corrected chi connectivity index (χ0v) is 11.5. The van der Waals surface area contributed by atoms with E-state index >= 15 is 0 Å². The van der Waals surface area contributed by atoms with E-state index in [0.717, 1.165) is 36.1 Å². The molecule has 0 spiro atoms. The van der Waals surface area contributed by atoms with Gasteiger partial charge in [0.1, 0.15) is 0 Å². The fourth-order valence-electron chi connectivity index (χ4n) is 1.90. The van der Waals surface area contributed by atoms with E-state index in [1.54, 1.807) is 11.3 Å². The molecule has 1 saturated heterocycles. The van der Waals surface area contributed by atoms with Crippen LogP contribution in [-0.4, -0.2) is 41.3 Å². The van der Waals surface area contributed by atoms with Gasteiger partial charge in [0.2, 0.25) is 0 Å². The highest BCUT2D eigenvalue weighted by molar-refractivity contribution is 7.12. The molecule has 1 fully saturated rings. The van der Waals surface area contributed by atoms with Crippen molar-refractivity contribution in [3.8, 4) is 0 Å². The van der Waals surface area contributed by atoms with Crippen LogP contribution in [0, 0.1) is 6.92 Å². The van der Waals surface area contributed by atoms with E-state index in [9.17, 15) is 0 Å². The summed E-state index contributed by atoms with van der Waals surface area (Å²) in [6.45, 7) is 5.73. The normalized spacial score (nSPS) is 16.4. The highest BCUT2D eigenvalue weighted by Crippen LogP contribution is 2.16. The summed E-state index contributed by atoms with van der Waals surface area (Å²) >= 11 is 1.64.